The number of primary amides is 1. The molecule has 20 heavy (non-hydrogen) atoms. The van der Waals surface area contributed by atoms with Crippen LogP contribution in [0.4, 0.5) is 0 Å². The molecule has 0 saturated heterocycles. The highest BCUT2D eigenvalue weighted by molar-refractivity contribution is 7.17. The van der Waals surface area contributed by atoms with Crippen LogP contribution in [0.1, 0.15) is 23.5 Å². The van der Waals surface area contributed by atoms with Gasteiger partial charge in [0, 0.05) is 12.1 Å². The number of thiophene rings is 1. The Bertz CT molecular complexity index is 625. The highest BCUT2D eigenvalue weighted by atomic mass is 32.1. The van der Waals surface area contributed by atoms with E-state index in [0.29, 0.717) is 22.2 Å². The van der Waals surface area contributed by atoms with Crippen molar-refractivity contribution >= 4 is 17.2 Å². The summed E-state index contributed by atoms with van der Waals surface area (Å²) in [5.74, 6) is 0.415. The predicted octanol–water partition coefficient (Wildman–Crippen LogP) is 2.10. The van der Waals surface area contributed by atoms with Crippen molar-refractivity contribution in [2.24, 2.45) is 5.73 Å². The molecule has 2 N–H and O–H groups in total. The van der Waals surface area contributed by atoms with Crippen molar-refractivity contribution in [3.8, 4) is 22.2 Å². The Morgan fingerprint density at radius 3 is 2.70 bits per heavy atom. The monoisotopic (exact) mass is 293 g/mol. The van der Waals surface area contributed by atoms with Crippen molar-refractivity contribution in [1.29, 1.82) is 0 Å². The first-order valence-electron chi connectivity index (χ1n) is 5.98. The maximum Gasteiger partial charge on any atom is 0.262 e. The third kappa shape index (κ3) is 3.05. The van der Waals surface area contributed by atoms with Crippen LogP contribution in [0.5, 0.6) is 11.6 Å². The van der Waals surface area contributed by atoms with Gasteiger partial charge in [-0.15, -0.1) is 11.3 Å². The van der Waals surface area contributed by atoms with Crippen molar-refractivity contribution in [1.82, 2.24) is 9.97 Å². The second-order valence-corrected chi connectivity index (χ2v) is 5.33. The number of carbonyl (C=O) groups excluding carboxylic acids is 1. The van der Waals surface area contributed by atoms with Gasteiger partial charge in [0.2, 0.25) is 5.88 Å². The van der Waals surface area contributed by atoms with Crippen LogP contribution in [0, 0.1) is 0 Å². The van der Waals surface area contributed by atoms with E-state index in [0.717, 1.165) is 4.88 Å². The fourth-order valence-corrected chi connectivity index (χ4v) is 2.51. The molecule has 0 atom stereocenters. The van der Waals surface area contributed by atoms with E-state index < -0.39 is 5.91 Å². The van der Waals surface area contributed by atoms with Gasteiger partial charge in [-0.1, -0.05) is 0 Å². The SMILES string of the molecule is COc1cc(-c2cc(OC(C)C)c(C(N)=O)s2)ncn1. The van der Waals surface area contributed by atoms with Gasteiger partial charge in [-0.2, -0.15) is 0 Å². The fourth-order valence-electron chi connectivity index (χ4n) is 1.60. The molecule has 0 fully saturated rings. The smallest absolute Gasteiger partial charge is 0.262 e. The summed E-state index contributed by atoms with van der Waals surface area (Å²) in [6.45, 7) is 3.77. The number of carbonyl (C=O) groups is 1. The third-order valence-corrected chi connectivity index (χ3v) is 3.54. The minimum atomic E-state index is -0.516. The minimum Gasteiger partial charge on any atom is -0.489 e. The number of aromatic nitrogens is 2. The number of rotatable bonds is 5. The van der Waals surface area contributed by atoms with Crippen LogP contribution in [-0.2, 0) is 0 Å². The summed E-state index contributed by atoms with van der Waals surface area (Å²) in [7, 11) is 1.53. The zero-order valence-corrected chi connectivity index (χ0v) is 12.2. The molecule has 0 radical (unpaired) electrons. The molecule has 0 aliphatic carbocycles. The molecule has 2 rings (SSSR count). The number of nitrogens with two attached hydrogens (primary N) is 1. The van der Waals surface area contributed by atoms with Gasteiger partial charge in [0.05, 0.1) is 23.8 Å². The van der Waals surface area contributed by atoms with Crippen molar-refractivity contribution in [3.63, 3.8) is 0 Å². The maximum absolute atomic E-state index is 11.5. The van der Waals surface area contributed by atoms with E-state index in [4.69, 9.17) is 15.2 Å². The van der Waals surface area contributed by atoms with Gasteiger partial charge in [0.25, 0.3) is 5.91 Å². The van der Waals surface area contributed by atoms with Crippen molar-refractivity contribution in [2.75, 3.05) is 7.11 Å². The number of ether oxygens (including phenoxy) is 2. The molecule has 0 aromatic carbocycles. The molecule has 2 aromatic heterocycles. The number of amides is 1. The second-order valence-electron chi connectivity index (χ2n) is 4.28. The fraction of sp³-hybridized carbons (Fsp3) is 0.308. The van der Waals surface area contributed by atoms with Crippen LogP contribution >= 0.6 is 11.3 Å². The average Bonchev–Trinajstić information content (AvgIpc) is 2.82. The van der Waals surface area contributed by atoms with Crippen LogP contribution < -0.4 is 15.2 Å². The highest BCUT2D eigenvalue weighted by Gasteiger charge is 2.18. The summed E-state index contributed by atoms with van der Waals surface area (Å²) >= 11 is 1.24. The molecule has 2 heterocycles. The minimum absolute atomic E-state index is 0.0458. The van der Waals surface area contributed by atoms with E-state index in [9.17, 15) is 4.79 Å². The van der Waals surface area contributed by atoms with Gasteiger partial charge in [0.15, 0.2) is 0 Å². The molecule has 0 bridgehead atoms. The van der Waals surface area contributed by atoms with E-state index in [-0.39, 0.29) is 6.10 Å². The summed E-state index contributed by atoms with van der Waals surface area (Å²) < 4.78 is 10.7. The molecule has 0 spiro atoms. The van der Waals surface area contributed by atoms with E-state index >= 15 is 0 Å². The molecule has 0 aliphatic rings. The Kier molecular flexibility index (Phi) is 4.19. The average molecular weight is 293 g/mol. The van der Waals surface area contributed by atoms with Gasteiger partial charge in [-0.3, -0.25) is 4.79 Å². The summed E-state index contributed by atoms with van der Waals surface area (Å²) in [5.41, 5.74) is 6.03. The maximum atomic E-state index is 11.5. The van der Waals surface area contributed by atoms with Gasteiger partial charge in [0.1, 0.15) is 17.0 Å². The topological polar surface area (TPSA) is 87.3 Å². The summed E-state index contributed by atoms with van der Waals surface area (Å²) in [6.07, 6.45) is 1.36. The number of hydrogen-bond donors (Lipinski definition) is 1. The molecular formula is C13H15N3O3S. The Hall–Kier alpha value is -2.15. The number of hydrogen-bond acceptors (Lipinski definition) is 6. The van der Waals surface area contributed by atoms with Crippen LogP contribution in [0.25, 0.3) is 10.6 Å². The largest absolute Gasteiger partial charge is 0.489 e. The lowest BCUT2D eigenvalue weighted by atomic mass is 10.3. The summed E-state index contributed by atoms with van der Waals surface area (Å²) in [5, 5.41) is 0. The Morgan fingerprint density at radius 1 is 1.35 bits per heavy atom. The van der Waals surface area contributed by atoms with Crippen molar-refractivity contribution in [3.05, 3.63) is 23.3 Å². The lowest BCUT2D eigenvalue weighted by molar-refractivity contribution is 0.0999. The van der Waals surface area contributed by atoms with Gasteiger partial charge < -0.3 is 15.2 Å². The second kappa shape index (κ2) is 5.87. The van der Waals surface area contributed by atoms with Crippen molar-refractivity contribution < 1.29 is 14.3 Å². The summed E-state index contributed by atoms with van der Waals surface area (Å²) in [4.78, 5) is 20.7. The molecule has 7 heteroatoms. The summed E-state index contributed by atoms with van der Waals surface area (Å²) in [6, 6.07) is 3.45. The molecule has 6 nitrogen and oxygen atoms in total. The molecule has 0 saturated carbocycles. The predicted molar refractivity (Wildman–Crippen MR) is 76.2 cm³/mol. The van der Waals surface area contributed by atoms with E-state index in [2.05, 4.69) is 9.97 Å². The Morgan fingerprint density at radius 2 is 2.10 bits per heavy atom. The first-order valence-corrected chi connectivity index (χ1v) is 6.79. The standard InChI is InChI=1S/C13H15N3O3S/c1-7(2)19-9-5-10(20-12(9)13(14)17)8-4-11(18-3)16-6-15-8/h4-7H,1-3H3,(H2,14,17). The van der Waals surface area contributed by atoms with Crippen LogP contribution in [-0.4, -0.2) is 29.1 Å². The Balaban J connectivity index is 2.44. The molecule has 0 aliphatic heterocycles. The van der Waals surface area contributed by atoms with E-state index in [1.807, 2.05) is 13.8 Å². The molecule has 2 aromatic rings. The third-order valence-electron chi connectivity index (χ3n) is 2.39. The van der Waals surface area contributed by atoms with Crippen LogP contribution in [0.15, 0.2) is 18.5 Å². The highest BCUT2D eigenvalue weighted by Crippen LogP contribution is 2.36. The van der Waals surface area contributed by atoms with Gasteiger partial charge >= 0.3 is 0 Å². The van der Waals surface area contributed by atoms with Gasteiger partial charge in [-0.05, 0) is 13.8 Å². The molecule has 0 unspecified atom stereocenters. The zero-order valence-electron chi connectivity index (χ0n) is 11.4. The quantitative estimate of drug-likeness (QED) is 0.912. The van der Waals surface area contributed by atoms with E-state index in [1.165, 1.54) is 24.8 Å². The van der Waals surface area contributed by atoms with E-state index in [1.54, 1.807) is 12.1 Å². The van der Waals surface area contributed by atoms with Gasteiger partial charge in [-0.25, -0.2) is 9.97 Å². The molecular weight excluding hydrogens is 278 g/mol. The zero-order chi connectivity index (χ0) is 14.7. The normalized spacial score (nSPS) is 10.6. The number of methoxy groups -OCH3 is 1. The first kappa shape index (κ1) is 14.3. The van der Waals surface area contributed by atoms with Crippen molar-refractivity contribution in [2.45, 2.75) is 20.0 Å². The molecule has 106 valence electrons. The lowest BCUT2D eigenvalue weighted by Crippen LogP contribution is -2.13. The van der Waals surface area contributed by atoms with Crippen LogP contribution in [0.3, 0.4) is 0 Å². The first-order chi connectivity index (χ1) is 9.51. The number of nitrogens with zero attached hydrogens (tertiary/aromatic N) is 2. The lowest BCUT2D eigenvalue weighted by Gasteiger charge is -2.08. The van der Waals surface area contributed by atoms with Crippen LogP contribution in [0.2, 0.25) is 0 Å². The Labute approximate surface area is 120 Å². The molecule has 1 amide bonds.